The monoisotopic (exact) mass is 327 g/mol. The van der Waals surface area contributed by atoms with Crippen LogP contribution in [0.2, 0.25) is 5.02 Å². The maximum atomic E-state index is 6.03. The average molecular weight is 329 g/mol. The Morgan fingerprint density at radius 3 is 2.89 bits per heavy atom. The molecule has 1 atom stereocenters. The predicted octanol–water partition coefficient (Wildman–Crippen LogP) is 3.56. The second-order valence-corrected chi connectivity index (χ2v) is 5.71. The lowest BCUT2D eigenvalue weighted by molar-refractivity contribution is 0.411. The first kappa shape index (κ1) is 12.1. The minimum Gasteiger partial charge on any atom is -0.334 e. The Morgan fingerprint density at radius 2 is 2.22 bits per heavy atom. The molecule has 1 saturated carbocycles. The molecule has 1 heterocycles. The predicted molar refractivity (Wildman–Crippen MR) is 72.1 cm³/mol. The molecule has 1 unspecified atom stereocenters. The summed E-state index contributed by atoms with van der Waals surface area (Å²) in [6.45, 7) is 0. The summed E-state index contributed by atoms with van der Waals surface area (Å²) in [5, 5.41) is 4.59. The van der Waals surface area contributed by atoms with Crippen LogP contribution in [0.3, 0.4) is 0 Å². The van der Waals surface area contributed by atoms with Gasteiger partial charge in [-0.25, -0.2) is 0 Å². The molecule has 0 saturated heterocycles. The van der Waals surface area contributed by atoms with Crippen molar-refractivity contribution in [3.63, 3.8) is 0 Å². The van der Waals surface area contributed by atoms with Gasteiger partial charge in [0.1, 0.15) is 0 Å². The summed E-state index contributed by atoms with van der Waals surface area (Å²) in [6.07, 6.45) is 2.30. The zero-order valence-electron chi connectivity index (χ0n) is 9.44. The SMILES string of the molecule is NC(c1noc(-c2ccc(Cl)c(Br)c2)n1)C1CC1. The summed E-state index contributed by atoms with van der Waals surface area (Å²) in [5.74, 6) is 1.56. The quantitative estimate of drug-likeness (QED) is 0.935. The van der Waals surface area contributed by atoms with E-state index in [1.807, 2.05) is 12.1 Å². The lowest BCUT2D eigenvalue weighted by Gasteiger charge is -2.02. The normalized spacial score (nSPS) is 16.8. The van der Waals surface area contributed by atoms with E-state index >= 15 is 0 Å². The van der Waals surface area contributed by atoms with Crippen LogP contribution in [-0.2, 0) is 0 Å². The summed E-state index contributed by atoms with van der Waals surface area (Å²) >= 11 is 9.31. The van der Waals surface area contributed by atoms with Crippen molar-refractivity contribution in [3.05, 3.63) is 33.5 Å². The topological polar surface area (TPSA) is 64.9 Å². The molecule has 1 aliphatic rings. The van der Waals surface area contributed by atoms with Crippen molar-refractivity contribution in [1.29, 1.82) is 0 Å². The fraction of sp³-hybridized carbons (Fsp3) is 0.333. The number of hydrogen-bond acceptors (Lipinski definition) is 4. The average Bonchev–Trinajstić information content (AvgIpc) is 3.09. The fourth-order valence-corrected chi connectivity index (χ4v) is 2.28. The molecule has 18 heavy (non-hydrogen) atoms. The van der Waals surface area contributed by atoms with Gasteiger partial charge in [-0.05, 0) is 52.9 Å². The number of rotatable bonds is 3. The molecule has 1 aromatic carbocycles. The van der Waals surface area contributed by atoms with Gasteiger partial charge in [-0.1, -0.05) is 16.8 Å². The number of hydrogen-bond donors (Lipinski definition) is 1. The first-order chi connectivity index (χ1) is 8.65. The third-order valence-electron chi connectivity index (χ3n) is 3.04. The van der Waals surface area contributed by atoms with Crippen molar-refractivity contribution in [2.45, 2.75) is 18.9 Å². The van der Waals surface area contributed by atoms with Gasteiger partial charge in [0.15, 0.2) is 5.82 Å². The molecule has 0 spiro atoms. The highest BCUT2D eigenvalue weighted by Gasteiger charge is 2.32. The number of benzene rings is 1. The number of nitrogens with two attached hydrogens (primary N) is 1. The van der Waals surface area contributed by atoms with Crippen molar-refractivity contribution >= 4 is 27.5 Å². The van der Waals surface area contributed by atoms with Gasteiger partial charge in [0.2, 0.25) is 0 Å². The van der Waals surface area contributed by atoms with Crippen LogP contribution >= 0.6 is 27.5 Å². The van der Waals surface area contributed by atoms with Crippen LogP contribution in [0.25, 0.3) is 11.5 Å². The molecule has 0 radical (unpaired) electrons. The molecule has 6 heteroatoms. The van der Waals surface area contributed by atoms with E-state index in [0.717, 1.165) is 22.9 Å². The highest BCUT2D eigenvalue weighted by atomic mass is 79.9. The van der Waals surface area contributed by atoms with E-state index in [1.54, 1.807) is 6.07 Å². The largest absolute Gasteiger partial charge is 0.334 e. The molecule has 1 aliphatic carbocycles. The van der Waals surface area contributed by atoms with Crippen molar-refractivity contribution in [2.75, 3.05) is 0 Å². The van der Waals surface area contributed by atoms with Gasteiger partial charge in [0, 0.05) is 10.0 Å². The van der Waals surface area contributed by atoms with Crippen molar-refractivity contribution in [3.8, 4) is 11.5 Å². The third-order valence-corrected chi connectivity index (χ3v) is 4.25. The van der Waals surface area contributed by atoms with E-state index in [2.05, 4.69) is 26.1 Å². The summed E-state index contributed by atoms with van der Waals surface area (Å²) in [7, 11) is 0. The minimum absolute atomic E-state index is 0.113. The second kappa shape index (κ2) is 4.64. The van der Waals surface area contributed by atoms with E-state index in [-0.39, 0.29) is 6.04 Å². The smallest absolute Gasteiger partial charge is 0.258 e. The zero-order valence-corrected chi connectivity index (χ0v) is 11.8. The third kappa shape index (κ3) is 2.30. The van der Waals surface area contributed by atoms with Crippen LogP contribution in [0.15, 0.2) is 27.2 Å². The van der Waals surface area contributed by atoms with Gasteiger partial charge in [-0.15, -0.1) is 0 Å². The van der Waals surface area contributed by atoms with E-state index in [4.69, 9.17) is 21.9 Å². The lowest BCUT2D eigenvalue weighted by atomic mass is 10.2. The Morgan fingerprint density at radius 1 is 1.44 bits per heavy atom. The molecular weight excluding hydrogens is 318 g/mol. The van der Waals surface area contributed by atoms with Crippen LogP contribution in [0.1, 0.15) is 24.7 Å². The molecule has 4 nitrogen and oxygen atoms in total. The molecule has 0 bridgehead atoms. The Kier molecular flexibility index (Phi) is 3.13. The van der Waals surface area contributed by atoms with Gasteiger partial charge in [0.05, 0.1) is 11.1 Å². The van der Waals surface area contributed by atoms with E-state index in [9.17, 15) is 0 Å². The maximum Gasteiger partial charge on any atom is 0.258 e. The van der Waals surface area contributed by atoms with Crippen LogP contribution in [0.4, 0.5) is 0 Å². The van der Waals surface area contributed by atoms with Gasteiger partial charge >= 0.3 is 0 Å². The fourth-order valence-electron chi connectivity index (χ4n) is 1.78. The number of aromatic nitrogens is 2. The van der Waals surface area contributed by atoms with Crippen molar-refractivity contribution in [1.82, 2.24) is 10.1 Å². The first-order valence-electron chi connectivity index (χ1n) is 5.70. The molecule has 3 rings (SSSR count). The Labute approximate surface area is 118 Å². The standard InChI is InChI=1S/C12H11BrClN3O/c13-8-5-7(3-4-9(8)14)12-16-11(17-18-12)10(15)6-1-2-6/h3-6,10H,1-2,15H2. The Bertz CT molecular complexity index is 582. The van der Waals surface area contributed by atoms with Crippen molar-refractivity contribution < 1.29 is 4.52 Å². The van der Waals surface area contributed by atoms with Crippen molar-refractivity contribution in [2.24, 2.45) is 11.7 Å². The highest BCUT2D eigenvalue weighted by molar-refractivity contribution is 9.10. The van der Waals surface area contributed by atoms with Crippen LogP contribution in [-0.4, -0.2) is 10.1 Å². The maximum absolute atomic E-state index is 6.03. The Hall–Kier alpha value is -0.910. The Balaban J connectivity index is 1.89. The molecule has 2 aromatic rings. The molecule has 0 aliphatic heterocycles. The van der Waals surface area contributed by atoms with Crippen LogP contribution in [0.5, 0.6) is 0 Å². The van der Waals surface area contributed by atoms with E-state index in [0.29, 0.717) is 22.7 Å². The molecular formula is C12H11BrClN3O. The summed E-state index contributed by atoms with van der Waals surface area (Å²) in [4.78, 5) is 4.35. The van der Waals surface area contributed by atoms with E-state index < -0.39 is 0 Å². The highest BCUT2D eigenvalue weighted by Crippen LogP contribution is 2.39. The van der Waals surface area contributed by atoms with E-state index in [1.165, 1.54) is 0 Å². The van der Waals surface area contributed by atoms with Gasteiger partial charge in [-0.2, -0.15) is 4.98 Å². The molecule has 2 N–H and O–H groups in total. The first-order valence-corrected chi connectivity index (χ1v) is 6.87. The minimum atomic E-state index is -0.113. The summed E-state index contributed by atoms with van der Waals surface area (Å²) < 4.78 is 6.04. The van der Waals surface area contributed by atoms with Gasteiger partial charge < -0.3 is 10.3 Å². The number of halogens is 2. The zero-order chi connectivity index (χ0) is 12.7. The van der Waals surface area contributed by atoms with Gasteiger partial charge in [-0.3, -0.25) is 0 Å². The molecule has 0 amide bonds. The van der Waals surface area contributed by atoms with Crippen LogP contribution < -0.4 is 5.73 Å². The van der Waals surface area contributed by atoms with Gasteiger partial charge in [0.25, 0.3) is 5.89 Å². The molecule has 1 fully saturated rings. The summed E-state index contributed by atoms with van der Waals surface area (Å²) in [6, 6.07) is 5.36. The van der Waals surface area contributed by atoms with Crippen LogP contribution in [0, 0.1) is 5.92 Å². The summed E-state index contributed by atoms with van der Waals surface area (Å²) in [5.41, 5.74) is 6.86. The molecule has 94 valence electrons. The second-order valence-electron chi connectivity index (χ2n) is 4.45. The number of nitrogens with zero attached hydrogens (tertiary/aromatic N) is 2. The molecule has 1 aromatic heterocycles. The lowest BCUT2D eigenvalue weighted by Crippen LogP contribution is -2.13.